The molecule has 2 heterocycles. The van der Waals surface area contributed by atoms with Crippen LogP contribution in [0.15, 0.2) is 29.2 Å². The van der Waals surface area contributed by atoms with Crippen LogP contribution in [-0.2, 0) is 0 Å². The number of thiazole rings is 1. The molecule has 23 heavy (non-hydrogen) atoms. The van der Waals surface area contributed by atoms with E-state index in [1.54, 1.807) is 11.3 Å². The predicted molar refractivity (Wildman–Crippen MR) is 93.3 cm³/mol. The fourth-order valence-electron chi connectivity index (χ4n) is 3.56. The maximum absolute atomic E-state index is 10.6. The molecule has 1 aliphatic heterocycles. The van der Waals surface area contributed by atoms with Crippen molar-refractivity contribution in [1.29, 1.82) is 0 Å². The second-order valence-electron chi connectivity index (χ2n) is 6.68. The van der Waals surface area contributed by atoms with E-state index >= 15 is 0 Å². The quantitative estimate of drug-likeness (QED) is 0.660. The number of hydrogen-bond acceptors (Lipinski definition) is 4. The van der Waals surface area contributed by atoms with Crippen LogP contribution in [0.5, 0.6) is 0 Å². The van der Waals surface area contributed by atoms with E-state index in [1.165, 1.54) is 0 Å². The van der Waals surface area contributed by atoms with Crippen LogP contribution in [0.25, 0.3) is 0 Å². The summed E-state index contributed by atoms with van der Waals surface area (Å²) in [6.45, 7) is 3.73. The highest BCUT2D eigenvalue weighted by molar-refractivity contribution is 7.09. The Labute approximate surface area is 145 Å². The Bertz CT molecular complexity index is 744. The standard InChI is InChI=1S/C18H19ClN2OS/c1-12-20-16(10-23-12)5-6-18-8-14(18)9-21(11-18)17(22)13-3-2-4-15(19)7-13/h2-3,7,10,14-15,17,22H,4,8-9,11H2,1H3. The van der Waals surface area contributed by atoms with E-state index in [-0.39, 0.29) is 10.8 Å². The molecule has 1 aromatic rings. The van der Waals surface area contributed by atoms with Crippen LogP contribution in [0.3, 0.4) is 0 Å². The lowest BCUT2D eigenvalue weighted by Gasteiger charge is -2.27. The normalized spacial score (nSPS) is 33.6. The summed E-state index contributed by atoms with van der Waals surface area (Å²) in [6, 6.07) is 0. The van der Waals surface area contributed by atoms with Gasteiger partial charge in [-0.25, -0.2) is 4.98 Å². The first-order chi connectivity index (χ1) is 11.1. The van der Waals surface area contributed by atoms with Gasteiger partial charge in [0.05, 0.1) is 10.4 Å². The number of aromatic nitrogens is 1. The molecule has 1 aromatic heterocycles. The van der Waals surface area contributed by atoms with Gasteiger partial charge in [0.25, 0.3) is 0 Å². The van der Waals surface area contributed by atoms with Crippen molar-refractivity contribution in [2.75, 3.05) is 13.1 Å². The van der Waals surface area contributed by atoms with Crippen molar-refractivity contribution in [1.82, 2.24) is 9.88 Å². The molecule has 4 unspecified atom stereocenters. The highest BCUT2D eigenvalue weighted by atomic mass is 35.5. The summed E-state index contributed by atoms with van der Waals surface area (Å²) in [7, 11) is 0. The average molecular weight is 347 g/mol. The molecule has 4 rings (SSSR count). The van der Waals surface area contributed by atoms with Gasteiger partial charge in [-0.1, -0.05) is 24.1 Å². The maximum Gasteiger partial charge on any atom is 0.133 e. The Morgan fingerprint density at radius 1 is 1.57 bits per heavy atom. The largest absolute Gasteiger partial charge is 0.374 e. The van der Waals surface area contributed by atoms with E-state index in [4.69, 9.17) is 11.6 Å². The summed E-state index contributed by atoms with van der Waals surface area (Å²) >= 11 is 7.79. The van der Waals surface area contributed by atoms with Crippen molar-refractivity contribution in [3.63, 3.8) is 0 Å². The van der Waals surface area contributed by atoms with Gasteiger partial charge < -0.3 is 5.11 Å². The number of rotatable bonds is 2. The number of aliphatic hydroxyl groups is 1. The molecular formula is C18H19ClN2OS. The molecule has 0 bridgehead atoms. The van der Waals surface area contributed by atoms with Crippen LogP contribution in [0.4, 0.5) is 0 Å². The van der Waals surface area contributed by atoms with Crippen molar-refractivity contribution < 1.29 is 5.11 Å². The minimum atomic E-state index is -0.569. The Balaban J connectivity index is 1.46. The fraction of sp³-hybridized carbons (Fsp3) is 0.500. The number of fused-ring (bicyclic) bond motifs is 1. The number of hydrogen-bond donors (Lipinski definition) is 1. The second-order valence-corrected chi connectivity index (χ2v) is 8.31. The number of aryl methyl sites for hydroxylation is 1. The molecule has 4 atom stereocenters. The summed E-state index contributed by atoms with van der Waals surface area (Å²) in [5.41, 5.74) is 1.84. The first kappa shape index (κ1) is 15.4. The van der Waals surface area contributed by atoms with Gasteiger partial charge in [0.2, 0.25) is 0 Å². The second kappa shape index (κ2) is 5.75. The molecule has 0 aromatic carbocycles. The Morgan fingerprint density at radius 3 is 3.17 bits per heavy atom. The molecule has 120 valence electrons. The minimum Gasteiger partial charge on any atom is -0.374 e. The van der Waals surface area contributed by atoms with Crippen LogP contribution < -0.4 is 0 Å². The van der Waals surface area contributed by atoms with E-state index in [0.29, 0.717) is 5.92 Å². The first-order valence-corrected chi connectivity index (χ1v) is 9.27. The number of aliphatic hydroxyl groups excluding tert-OH is 1. The average Bonchev–Trinajstić information content (AvgIpc) is 2.88. The van der Waals surface area contributed by atoms with Gasteiger partial charge in [0.15, 0.2) is 0 Å². The lowest BCUT2D eigenvalue weighted by molar-refractivity contribution is 0.0423. The van der Waals surface area contributed by atoms with Crippen molar-refractivity contribution in [2.45, 2.75) is 31.4 Å². The molecule has 5 heteroatoms. The minimum absolute atomic E-state index is 0.0107. The van der Waals surface area contributed by atoms with Crippen molar-refractivity contribution in [3.05, 3.63) is 39.9 Å². The van der Waals surface area contributed by atoms with Gasteiger partial charge in [-0.2, -0.15) is 0 Å². The predicted octanol–water partition coefficient (Wildman–Crippen LogP) is 2.94. The molecule has 0 radical (unpaired) electrons. The zero-order valence-corrected chi connectivity index (χ0v) is 14.6. The molecule has 1 saturated heterocycles. The number of alkyl halides is 1. The van der Waals surface area contributed by atoms with Crippen LogP contribution >= 0.6 is 22.9 Å². The third kappa shape index (κ3) is 2.99. The van der Waals surface area contributed by atoms with Gasteiger partial charge in [0.1, 0.15) is 11.9 Å². The number of allylic oxidation sites excluding steroid dienone is 2. The smallest absolute Gasteiger partial charge is 0.133 e. The van der Waals surface area contributed by atoms with Crippen molar-refractivity contribution in [2.24, 2.45) is 11.3 Å². The first-order valence-electron chi connectivity index (χ1n) is 7.95. The molecule has 1 saturated carbocycles. The van der Waals surface area contributed by atoms with E-state index in [9.17, 15) is 5.11 Å². The number of nitrogens with zero attached hydrogens (tertiary/aromatic N) is 2. The van der Waals surface area contributed by atoms with E-state index in [2.05, 4.69) is 21.7 Å². The third-order valence-electron chi connectivity index (χ3n) is 4.92. The van der Waals surface area contributed by atoms with Crippen LogP contribution in [0, 0.1) is 30.1 Å². The maximum atomic E-state index is 10.6. The third-order valence-corrected chi connectivity index (χ3v) is 6.00. The fourth-order valence-corrected chi connectivity index (χ4v) is 4.35. The van der Waals surface area contributed by atoms with Crippen LogP contribution in [0.2, 0.25) is 0 Å². The van der Waals surface area contributed by atoms with Gasteiger partial charge >= 0.3 is 0 Å². The molecule has 1 N–H and O–H groups in total. The lowest BCUT2D eigenvalue weighted by Crippen LogP contribution is -2.37. The van der Waals surface area contributed by atoms with E-state index in [1.807, 2.05) is 30.5 Å². The zero-order valence-electron chi connectivity index (χ0n) is 13.0. The lowest BCUT2D eigenvalue weighted by atomic mass is 10.0. The molecule has 0 amide bonds. The summed E-state index contributed by atoms with van der Waals surface area (Å²) in [6.07, 6.45) is 7.40. The van der Waals surface area contributed by atoms with Gasteiger partial charge in [-0.15, -0.1) is 22.9 Å². The molecule has 0 spiro atoms. The molecule has 3 nitrogen and oxygen atoms in total. The topological polar surface area (TPSA) is 36.4 Å². The Morgan fingerprint density at radius 2 is 2.43 bits per heavy atom. The summed E-state index contributed by atoms with van der Waals surface area (Å²) in [5.74, 6) is 7.24. The molecular weight excluding hydrogens is 328 g/mol. The van der Waals surface area contributed by atoms with Gasteiger partial charge in [0, 0.05) is 23.9 Å². The Kier molecular flexibility index (Phi) is 3.85. The van der Waals surface area contributed by atoms with Gasteiger partial charge in [-0.3, -0.25) is 4.90 Å². The number of piperidine rings is 1. The van der Waals surface area contributed by atoms with Crippen LogP contribution in [-0.4, -0.2) is 39.7 Å². The Hall–Kier alpha value is -1.12. The number of halogens is 1. The molecule has 3 aliphatic rings. The summed E-state index contributed by atoms with van der Waals surface area (Å²) in [4.78, 5) is 6.53. The van der Waals surface area contributed by atoms with Crippen LogP contribution in [0.1, 0.15) is 23.5 Å². The van der Waals surface area contributed by atoms with E-state index < -0.39 is 6.23 Å². The SMILES string of the molecule is Cc1nc(C#CC23CC2CN(C(O)C2=CC(Cl)CC=C2)C3)cs1. The van der Waals surface area contributed by atoms with Gasteiger partial charge in [-0.05, 0) is 37.2 Å². The monoisotopic (exact) mass is 346 g/mol. The summed E-state index contributed by atoms with van der Waals surface area (Å²) in [5, 5.41) is 13.7. The van der Waals surface area contributed by atoms with Crippen molar-refractivity contribution >= 4 is 22.9 Å². The molecule has 2 fully saturated rings. The highest BCUT2D eigenvalue weighted by Gasteiger charge is 2.60. The number of likely N-dealkylation sites (tertiary alicyclic amines) is 1. The molecule has 2 aliphatic carbocycles. The zero-order chi connectivity index (χ0) is 16.0. The van der Waals surface area contributed by atoms with E-state index in [0.717, 1.165) is 42.2 Å². The summed E-state index contributed by atoms with van der Waals surface area (Å²) < 4.78 is 0. The highest BCUT2D eigenvalue weighted by Crippen LogP contribution is 2.57. The van der Waals surface area contributed by atoms with Crippen molar-refractivity contribution in [3.8, 4) is 11.8 Å².